The van der Waals surface area contributed by atoms with Crippen molar-refractivity contribution >= 4 is 21.6 Å². The van der Waals surface area contributed by atoms with Crippen LogP contribution in [0.25, 0.3) is 0 Å². The molecular weight excluding hydrogens is 326 g/mol. The molecule has 2 saturated heterocycles. The van der Waals surface area contributed by atoms with Crippen LogP contribution < -0.4 is 10.0 Å². The van der Waals surface area contributed by atoms with E-state index in [0.717, 1.165) is 18.7 Å². The van der Waals surface area contributed by atoms with E-state index in [0.29, 0.717) is 13.1 Å². The summed E-state index contributed by atoms with van der Waals surface area (Å²) in [7, 11) is -3.54. The zero-order chi connectivity index (χ0) is 17.2. The Bertz CT molecular complexity index is 699. The summed E-state index contributed by atoms with van der Waals surface area (Å²) in [5, 5.41) is 5.12. The fraction of sp³-hybridized carbons (Fsp3) is 0.588. The summed E-state index contributed by atoms with van der Waals surface area (Å²) in [6.07, 6.45) is 3.95. The van der Waals surface area contributed by atoms with Crippen LogP contribution in [-0.2, 0) is 21.4 Å². The summed E-state index contributed by atoms with van der Waals surface area (Å²) in [5.74, 6) is -0.310. The van der Waals surface area contributed by atoms with E-state index in [-0.39, 0.29) is 24.0 Å². The lowest BCUT2D eigenvalue weighted by molar-refractivity contribution is -0.128. The van der Waals surface area contributed by atoms with E-state index < -0.39 is 10.0 Å². The fourth-order valence-corrected chi connectivity index (χ4v) is 4.62. The summed E-state index contributed by atoms with van der Waals surface area (Å²) in [6, 6.07) is 8.20. The molecule has 1 atom stereocenters. The third kappa shape index (κ3) is 4.27. The van der Waals surface area contributed by atoms with E-state index in [1.165, 1.54) is 24.9 Å². The molecule has 1 aromatic carbocycles. The maximum atomic E-state index is 12.2. The van der Waals surface area contributed by atoms with E-state index in [1.54, 1.807) is 4.90 Å². The van der Waals surface area contributed by atoms with Crippen LogP contribution in [0.4, 0.5) is 5.69 Å². The summed E-state index contributed by atoms with van der Waals surface area (Å²) in [4.78, 5) is 16.4. The number of hydrogen-bond donors (Lipinski definition) is 1. The Morgan fingerprint density at radius 3 is 2.54 bits per heavy atom. The van der Waals surface area contributed by atoms with Crippen molar-refractivity contribution in [1.82, 2.24) is 4.90 Å². The van der Waals surface area contributed by atoms with Crippen LogP contribution in [-0.4, -0.2) is 44.6 Å². The number of likely N-dealkylation sites (tertiary alicyclic amines) is 1. The van der Waals surface area contributed by atoms with E-state index in [2.05, 4.69) is 17.0 Å². The monoisotopic (exact) mass is 351 g/mol. The van der Waals surface area contributed by atoms with Crippen molar-refractivity contribution in [3.8, 4) is 0 Å². The lowest BCUT2D eigenvalue weighted by Crippen LogP contribution is -2.32. The minimum absolute atomic E-state index is 0.0112. The first-order valence-electron chi connectivity index (χ1n) is 8.53. The first kappa shape index (κ1) is 17.2. The number of amides is 1. The number of anilines is 1. The molecule has 0 aromatic heterocycles. The molecule has 0 saturated carbocycles. The number of para-hydroxylation sites is 1. The van der Waals surface area contributed by atoms with Gasteiger partial charge in [-0.1, -0.05) is 18.2 Å². The van der Waals surface area contributed by atoms with Gasteiger partial charge in [-0.25, -0.2) is 13.6 Å². The van der Waals surface area contributed by atoms with Gasteiger partial charge in [-0.15, -0.1) is 0 Å². The molecule has 2 fully saturated rings. The molecule has 0 aliphatic carbocycles. The zero-order valence-electron chi connectivity index (χ0n) is 13.9. The Hall–Kier alpha value is -1.60. The molecule has 7 heteroatoms. The highest BCUT2D eigenvalue weighted by atomic mass is 32.2. The van der Waals surface area contributed by atoms with E-state index in [1.807, 2.05) is 12.1 Å². The first-order valence-corrected chi connectivity index (χ1v) is 10.2. The number of nitrogens with zero attached hydrogens (tertiary/aromatic N) is 2. The molecule has 2 aliphatic heterocycles. The van der Waals surface area contributed by atoms with E-state index in [9.17, 15) is 13.2 Å². The second kappa shape index (κ2) is 7.11. The average molecular weight is 351 g/mol. The number of benzene rings is 1. The molecule has 132 valence electrons. The normalized spacial score (nSPS) is 22.2. The molecule has 0 spiro atoms. The Morgan fingerprint density at radius 1 is 1.12 bits per heavy atom. The van der Waals surface area contributed by atoms with Crippen LogP contribution in [0.3, 0.4) is 0 Å². The Kier molecular flexibility index (Phi) is 5.10. The van der Waals surface area contributed by atoms with Crippen LogP contribution >= 0.6 is 0 Å². The van der Waals surface area contributed by atoms with E-state index >= 15 is 0 Å². The minimum atomic E-state index is -3.54. The number of carbonyl (C=O) groups is 1. The first-order chi connectivity index (χ1) is 11.4. The summed E-state index contributed by atoms with van der Waals surface area (Å²) >= 11 is 0. The van der Waals surface area contributed by atoms with Gasteiger partial charge in [-0.2, -0.15) is 0 Å². The smallest absolute Gasteiger partial charge is 0.223 e. The lowest BCUT2D eigenvalue weighted by atomic mass is 10.1. The van der Waals surface area contributed by atoms with Gasteiger partial charge in [0.2, 0.25) is 15.9 Å². The molecular formula is C17H25N3O3S. The number of hydrogen-bond acceptors (Lipinski definition) is 4. The lowest BCUT2D eigenvalue weighted by Gasteiger charge is -2.31. The topological polar surface area (TPSA) is 83.7 Å². The zero-order valence-corrected chi connectivity index (χ0v) is 14.7. The van der Waals surface area contributed by atoms with Gasteiger partial charge in [0.25, 0.3) is 0 Å². The molecule has 1 unspecified atom stereocenters. The maximum Gasteiger partial charge on any atom is 0.223 e. The maximum absolute atomic E-state index is 12.2. The highest BCUT2D eigenvalue weighted by Gasteiger charge is 2.32. The average Bonchev–Trinajstić information content (AvgIpc) is 2.86. The number of sulfonamides is 1. The second-order valence-electron chi connectivity index (χ2n) is 6.85. The number of primary sulfonamides is 1. The van der Waals surface area contributed by atoms with Crippen molar-refractivity contribution in [3.05, 3.63) is 29.8 Å². The standard InChI is InChI=1S/C17H25N3O3S/c18-24(22,23)13-14-10-17(21)20(11-14)12-15-6-2-3-7-16(15)19-8-4-1-5-9-19/h2-3,6-7,14H,1,4-5,8-13H2,(H2,18,22,23). The molecule has 0 radical (unpaired) electrons. The molecule has 6 nitrogen and oxygen atoms in total. The Labute approximate surface area is 143 Å². The summed E-state index contributed by atoms with van der Waals surface area (Å²) in [6.45, 7) is 3.11. The van der Waals surface area contributed by atoms with Crippen molar-refractivity contribution in [2.45, 2.75) is 32.2 Å². The molecule has 1 aromatic rings. The SMILES string of the molecule is NS(=O)(=O)CC1CC(=O)N(Cc2ccccc2N2CCCCC2)C1. The van der Waals surface area contributed by atoms with Crippen molar-refractivity contribution in [1.29, 1.82) is 0 Å². The summed E-state index contributed by atoms with van der Waals surface area (Å²) < 4.78 is 22.5. The van der Waals surface area contributed by atoms with Gasteiger partial charge in [0, 0.05) is 44.2 Å². The van der Waals surface area contributed by atoms with Gasteiger partial charge >= 0.3 is 0 Å². The largest absolute Gasteiger partial charge is 0.371 e. The predicted molar refractivity (Wildman–Crippen MR) is 94.0 cm³/mol. The molecule has 2 aliphatic rings. The van der Waals surface area contributed by atoms with Crippen LogP contribution in [0.15, 0.2) is 24.3 Å². The molecule has 3 rings (SSSR count). The third-order valence-corrected chi connectivity index (χ3v) is 5.75. The molecule has 2 N–H and O–H groups in total. The van der Waals surface area contributed by atoms with Crippen LogP contribution in [0.2, 0.25) is 0 Å². The Balaban J connectivity index is 1.71. The van der Waals surface area contributed by atoms with Crippen molar-refractivity contribution < 1.29 is 13.2 Å². The second-order valence-corrected chi connectivity index (χ2v) is 8.51. The van der Waals surface area contributed by atoms with Crippen LogP contribution in [0.1, 0.15) is 31.2 Å². The number of piperidine rings is 1. The third-order valence-electron chi connectivity index (χ3n) is 4.81. The Morgan fingerprint density at radius 2 is 1.83 bits per heavy atom. The highest BCUT2D eigenvalue weighted by Crippen LogP contribution is 2.28. The van der Waals surface area contributed by atoms with Crippen LogP contribution in [0.5, 0.6) is 0 Å². The highest BCUT2D eigenvalue weighted by molar-refractivity contribution is 7.89. The molecule has 1 amide bonds. The fourth-order valence-electron chi connectivity index (χ4n) is 3.74. The molecule has 0 bridgehead atoms. The molecule has 24 heavy (non-hydrogen) atoms. The van der Waals surface area contributed by atoms with Crippen molar-refractivity contribution in [2.75, 3.05) is 30.3 Å². The van der Waals surface area contributed by atoms with Crippen molar-refractivity contribution in [2.24, 2.45) is 11.1 Å². The van der Waals surface area contributed by atoms with Gasteiger partial charge in [0.05, 0.1) is 5.75 Å². The van der Waals surface area contributed by atoms with Crippen LogP contribution in [0, 0.1) is 5.92 Å². The minimum Gasteiger partial charge on any atom is -0.371 e. The number of rotatable bonds is 5. The predicted octanol–water partition coefficient (Wildman–Crippen LogP) is 1.31. The number of carbonyl (C=O) groups excluding carboxylic acids is 1. The van der Waals surface area contributed by atoms with Gasteiger partial charge in [0.1, 0.15) is 0 Å². The van der Waals surface area contributed by atoms with Gasteiger partial charge in [-0.3, -0.25) is 4.79 Å². The van der Waals surface area contributed by atoms with Gasteiger partial charge in [0.15, 0.2) is 0 Å². The van der Waals surface area contributed by atoms with Crippen molar-refractivity contribution in [3.63, 3.8) is 0 Å². The van der Waals surface area contributed by atoms with Gasteiger partial charge < -0.3 is 9.80 Å². The van der Waals surface area contributed by atoms with E-state index in [4.69, 9.17) is 5.14 Å². The molecule has 2 heterocycles. The number of nitrogens with two attached hydrogens (primary N) is 1. The summed E-state index contributed by atoms with van der Waals surface area (Å²) in [5.41, 5.74) is 2.32. The van der Waals surface area contributed by atoms with Gasteiger partial charge in [-0.05, 0) is 30.9 Å². The quantitative estimate of drug-likeness (QED) is 0.867.